The second-order valence-electron chi connectivity index (χ2n) is 6.97. The van der Waals surface area contributed by atoms with E-state index < -0.39 is 23.7 Å². The van der Waals surface area contributed by atoms with Crippen LogP contribution in [0.25, 0.3) is 0 Å². The third-order valence-electron chi connectivity index (χ3n) is 4.69. The van der Waals surface area contributed by atoms with Gasteiger partial charge in [0.05, 0.1) is 18.8 Å². The number of anilines is 2. The number of aliphatic hydroxyl groups excluding tert-OH is 1. The average molecular weight is 444 g/mol. The van der Waals surface area contributed by atoms with Crippen LogP contribution in [0.5, 0.6) is 5.75 Å². The van der Waals surface area contributed by atoms with Crippen LogP contribution in [0.4, 0.5) is 24.5 Å². The standard InChI is InChI=1S/C24H23F3N2O3/c1-2-32-21-12-11-20(13-17(21)15-30)28-22(16-7-4-3-5-8-16)23(31)29-19-10-6-9-18(14-19)24(25,26)27/h3-14,22,28,30H,2,15H2,1H3,(H,29,31)/t22-/m1/s1. The van der Waals surface area contributed by atoms with E-state index in [1.54, 1.807) is 48.5 Å². The number of nitrogens with one attached hydrogen (secondary N) is 2. The maximum absolute atomic E-state index is 13.1. The Morgan fingerprint density at radius 1 is 1.00 bits per heavy atom. The summed E-state index contributed by atoms with van der Waals surface area (Å²) in [4.78, 5) is 13.1. The molecule has 0 fully saturated rings. The molecule has 0 unspecified atom stereocenters. The first-order chi connectivity index (χ1) is 15.3. The fraction of sp³-hybridized carbons (Fsp3) is 0.208. The Labute approximate surface area is 183 Å². The van der Waals surface area contributed by atoms with Gasteiger partial charge >= 0.3 is 6.18 Å². The first-order valence-corrected chi connectivity index (χ1v) is 9.98. The minimum atomic E-state index is -4.51. The molecule has 0 radical (unpaired) electrons. The molecule has 3 aromatic rings. The van der Waals surface area contributed by atoms with Crippen LogP contribution in [0, 0.1) is 0 Å². The zero-order valence-corrected chi connectivity index (χ0v) is 17.3. The topological polar surface area (TPSA) is 70.6 Å². The molecule has 0 saturated heterocycles. The summed E-state index contributed by atoms with van der Waals surface area (Å²) < 4.78 is 44.5. The van der Waals surface area contributed by atoms with Gasteiger partial charge in [-0.15, -0.1) is 0 Å². The highest BCUT2D eigenvalue weighted by Gasteiger charge is 2.31. The van der Waals surface area contributed by atoms with Gasteiger partial charge in [0.25, 0.3) is 5.91 Å². The molecular formula is C24H23F3N2O3. The molecule has 0 saturated carbocycles. The number of hydrogen-bond acceptors (Lipinski definition) is 4. The summed E-state index contributed by atoms with van der Waals surface area (Å²) in [5, 5.41) is 15.3. The van der Waals surface area contributed by atoms with Gasteiger partial charge in [-0.2, -0.15) is 13.2 Å². The van der Waals surface area contributed by atoms with Crippen LogP contribution >= 0.6 is 0 Å². The Morgan fingerprint density at radius 3 is 2.41 bits per heavy atom. The predicted octanol–water partition coefficient (Wildman–Crippen LogP) is 5.39. The summed E-state index contributed by atoms with van der Waals surface area (Å²) in [6.45, 7) is 2.01. The zero-order valence-electron chi connectivity index (χ0n) is 17.3. The highest BCUT2D eigenvalue weighted by atomic mass is 19.4. The van der Waals surface area contributed by atoms with Crippen molar-refractivity contribution in [1.82, 2.24) is 0 Å². The number of benzene rings is 3. The van der Waals surface area contributed by atoms with Gasteiger partial charge in [0, 0.05) is 16.9 Å². The molecule has 0 aromatic heterocycles. The summed E-state index contributed by atoms with van der Waals surface area (Å²) in [5.74, 6) is 0.000172. The number of aliphatic hydroxyl groups is 1. The minimum absolute atomic E-state index is 0.0373. The van der Waals surface area contributed by atoms with Crippen molar-refractivity contribution < 1.29 is 27.8 Å². The molecule has 8 heteroatoms. The first-order valence-electron chi connectivity index (χ1n) is 9.98. The summed E-state index contributed by atoms with van der Waals surface area (Å²) >= 11 is 0. The largest absolute Gasteiger partial charge is 0.494 e. The van der Waals surface area contributed by atoms with E-state index >= 15 is 0 Å². The Balaban J connectivity index is 1.88. The number of alkyl halides is 3. The smallest absolute Gasteiger partial charge is 0.416 e. The van der Waals surface area contributed by atoms with E-state index in [2.05, 4.69) is 10.6 Å². The molecule has 3 rings (SSSR count). The molecule has 168 valence electrons. The van der Waals surface area contributed by atoms with Crippen molar-refractivity contribution in [3.8, 4) is 5.75 Å². The van der Waals surface area contributed by atoms with Crippen molar-refractivity contribution in [2.24, 2.45) is 0 Å². The molecule has 0 aliphatic heterocycles. The van der Waals surface area contributed by atoms with Gasteiger partial charge in [0.15, 0.2) is 0 Å². The van der Waals surface area contributed by atoms with E-state index in [1.807, 2.05) is 6.92 Å². The van der Waals surface area contributed by atoms with Gasteiger partial charge in [-0.25, -0.2) is 0 Å². The second kappa shape index (κ2) is 10.2. The van der Waals surface area contributed by atoms with E-state index in [9.17, 15) is 23.1 Å². The molecule has 5 nitrogen and oxygen atoms in total. The quantitative estimate of drug-likeness (QED) is 0.436. The van der Waals surface area contributed by atoms with Crippen LogP contribution in [0.1, 0.15) is 29.7 Å². The highest BCUT2D eigenvalue weighted by molar-refractivity contribution is 5.97. The van der Waals surface area contributed by atoms with Crippen LogP contribution in [-0.4, -0.2) is 17.6 Å². The molecule has 0 aliphatic carbocycles. The van der Waals surface area contributed by atoms with Crippen molar-refractivity contribution in [3.63, 3.8) is 0 Å². The van der Waals surface area contributed by atoms with Crippen molar-refractivity contribution in [1.29, 1.82) is 0 Å². The third kappa shape index (κ3) is 5.79. The molecule has 3 N–H and O–H groups in total. The van der Waals surface area contributed by atoms with Gasteiger partial charge in [-0.1, -0.05) is 36.4 Å². The van der Waals surface area contributed by atoms with Gasteiger partial charge < -0.3 is 20.5 Å². The number of hydrogen-bond donors (Lipinski definition) is 3. The normalized spacial score (nSPS) is 12.2. The monoisotopic (exact) mass is 444 g/mol. The molecule has 0 heterocycles. The molecule has 1 amide bonds. The van der Waals surface area contributed by atoms with Gasteiger partial charge in [-0.05, 0) is 48.9 Å². The van der Waals surface area contributed by atoms with Gasteiger partial charge in [0.2, 0.25) is 0 Å². The first kappa shape index (κ1) is 23.1. The molecule has 0 spiro atoms. The molecule has 3 aromatic carbocycles. The van der Waals surface area contributed by atoms with Crippen molar-refractivity contribution in [3.05, 3.63) is 89.5 Å². The zero-order chi connectivity index (χ0) is 23.1. The van der Waals surface area contributed by atoms with E-state index in [0.29, 0.717) is 29.2 Å². The molecule has 1 atom stereocenters. The highest BCUT2D eigenvalue weighted by Crippen LogP contribution is 2.31. The maximum atomic E-state index is 13.1. The molecular weight excluding hydrogens is 421 g/mol. The Morgan fingerprint density at radius 2 is 1.75 bits per heavy atom. The summed E-state index contributed by atoms with van der Waals surface area (Å²) in [6.07, 6.45) is -4.51. The van der Waals surface area contributed by atoms with Gasteiger partial charge in [0.1, 0.15) is 11.8 Å². The number of carbonyl (C=O) groups is 1. The second-order valence-corrected chi connectivity index (χ2v) is 6.97. The van der Waals surface area contributed by atoms with Gasteiger partial charge in [-0.3, -0.25) is 4.79 Å². The lowest BCUT2D eigenvalue weighted by Crippen LogP contribution is -2.27. The average Bonchev–Trinajstić information content (AvgIpc) is 2.78. The molecule has 32 heavy (non-hydrogen) atoms. The van der Waals surface area contributed by atoms with Crippen LogP contribution < -0.4 is 15.4 Å². The number of carbonyl (C=O) groups excluding carboxylic acids is 1. The SMILES string of the molecule is CCOc1ccc(N[C@@H](C(=O)Nc2cccc(C(F)(F)F)c2)c2ccccc2)cc1CO. The lowest BCUT2D eigenvalue weighted by molar-refractivity contribution is -0.137. The lowest BCUT2D eigenvalue weighted by Gasteiger charge is -2.21. The van der Waals surface area contributed by atoms with Crippen LogP contribution in [0.2, 0.25) is 0 Å². The Bertz CT molecular complexity index is 1060. The Hall–Kier alpha value is -3.52. The van der Waals surface area contributed by atoms with Crippen molar-refractivity contribution >= 4 is 17.3 Å². The predicted molar refractivity (Wildman–Crippen MR) is 116 cm³/mol. The fourth-order valence-electron chi connectivity index (χ4n) is 3.19. The fourth-order valence-corrected chi connectivity index (χ4v) is 3.19. The number of amides is 1. The molecule has 0 bridgehead atoms. The van der Waals surface area contributed by atoms with E-state index in [-0.39, 0.29) is 12.3 Å². The van der Waals surface area contributed by atoms with Crippen molar-refractivity contribution in [2.75, 3.05) is 17.2 Å². The number of halogens is 3. The summed E-state index contributed by atoms with van der Waals surface area (Å²) in [5.41, 5.74) is 0.901. The molecule has 0 aliphatic rings. The Kier molecular flexibility index (Phi) is 7.37. The van der Waals surface area contributed by atoms with E-state index in [1.165, 1.54) is 12.1 Å². The third-order valence-corrected chi connectivity index (χ3v) is 4.69. The van der Waals surface area contributed by atoms with Crippen LogP contribution in [0.15, 0.2) is 72.8 Å². The van der Waals surface area contributed by atoms with Crippen LogP contribution in [0.3, 0.4) is 0 Å². The summed E-state index contributed by atoms with van der Waals surface area (Å²) in [6, 6.07) is 17.4. The number of rotatable bonds is 8. The number of ether oxygens (including phenoxy) is 1. The van der Waals surface area contributed by atoms with Crippen molar-refractivity contribution in [2.45, 2.75) is 25.7 Å². The summed E-state index contributed by atoms with van der Waals surface area (Å²) in [7, 11) is 0. The maximum Gasteiger partial charge on any atom is 0.416 e. The van der Waals surface area contributed by atoms with Crippen LogP contribution in [-0.2, 0) is 17.6 Å². The minimum Gasteiger partial charge on any atom is -0.494 e. The lowest BCUT2D eigenvalue weighted by atomic mass is 10.0. The van der Waals surface area contributed by atoms with E-state index in [0.717, 1.165) is 12.1 Å². The van der Waals surface area contributed by atoms with E-state index in [4.69, 9.17) is 4.74 Å².